The molecule has 3 aromatic carbocycles. The van der Waals surface area contributed by atoms with E-state index in [4.69, 9.17) is 5.10 Å². The van der Waals surface area contributed by atoms with E-state index in [0.717, 1.165) is 32.7 Å². The van der Waals surface area contributed by atoms with Crippen LogP contribution in [0.25, 0.3) is 27.0 Å². The van der Waals surface area contributed by atoms with Crippen LogP contribution in [-0.2, 0) is 0 Å². The van der Waals surface area contributed by atoms with Crippen LogP contribution >= 0.6 is 11.3 Å². The highest BCUT2D eigenvalue weighted by atomic mass is 32.1. The Bertz CT molecular complexity index is 1290. The Kier molecular flexibility index (Phi) is 4.42. The molecular weight excluding hydrogens is 378 g/mol. The van der Waals surface area contributed by atoms with Gasteiger partial charge < -0.3 is 5.32 Å². The van der Waals surface area contributed by atoms with Crippen LogP contribution in [0, 0.1) is 0 Å². The number of thiophene rings is 1. The summed E-state index contributed by atoms with van der Waals surface area (Å²) < 4.78 is 1.70. The van der Waals surface area contributed by atoms with Gasteiger partial charge in [0.05, 0.1) is 10.6 Å². The topological polar surface area (TPSA) is 46.9 Å². The Morgan fingerprint density at radius 3 is 2.48 bits per heavy atom. The van der Waals surface area contributed by atoms with Crippen molar-refractivity contribution in [1.82, 2.24) is 9.78 Å². The molecule has 0 aliphatic carbocycles. The maximum atomic E-state index is 13.3. The zero-order valence-corrected chi connectivity index (χ0v) is 16.3. The van der Waals surface area contributed by atoms with Gasteiger partial charge in [0.2, 0.25) is 0 Å². The van der Waals surface area contributed by atoms with E-state index in [-0.39, 0.29) is 5.91 Å². The Hall–Kier alpha value is -3.70. The minimum atomic E-state index is -0.194. The summed E-state index contributed by atoms with van der Waals surface area (Å²) in [6.07, 6.45) is 0. The van der Waals surface area contributed by atoms with Gasteiger partial charge in [0.15, 0.2) is 0 Å². The molecule has 2 aromatic heterocycles. The van der Waals surface area contributed by atoms with Gasteiger partial charge in [-0.15, -0.1) is 11.3 Å². The van der Waals surface area contributed by atoms with E-state index < -0.39 is 0 Å². The van der Waals surface area contributed by atoms with Gasteiger partial charge in [-0.2, -0.15) is 5.10 Å². The Balaban J connectivity index is 1.58. The molecule has 5 rings (SSSR count). The highest BCUT2D eigenvalue weighted by Gasteiger charge is 2.18. The van der Waals surface area contributed by atoms with Gasteiger partial charge in [-0.05, 0) is 41.1 Å². The lowest BCUT2D eigenvalue weighted by atomic mass is 10.1. The van der Waals surface area contributed by atoms with Gasteiger partial charge in [0.25, 0.3) is 5.91 Å². The third kappa shape index (κ3) is 3.32. The zero-order valence-electron chi connectivity index (χ0n) is 15.4. The first kappa shape index (κ1) is 17.4. The van der Waals surface area contributed by atoms with Crippen LogP contribution in [-0.4, -0.2) is 15.7 Å². The number of para-hydroxylation sites is 1. The predicted octanol–water partition coefficient (Wildman–Crippen LogP) is 6.01. The monoisotopic (exact) mass is 395 g/mol. The summed E-state index contributed by atoms with van der Waals surface area (Å²) in [5.41, 5.74) is 2.91. The summed E-state index contributed by atoms with van der Waals surface area (Å²) in [6, 6.07) is 29.5. The molecule has 0 radical (unpaired) electrons. The Morgan fingerprint density at radius 1 is 0.862 bits per heavy atom. The van der Waals surface area contributed by atoms with Crippen LogP contribution in [0.1, 0.15) is 10.5 Å². The lowest BCUT2D eigenvalue weighted by molar-refractivity contribution is 0.102. The normalized spacial score (nSPS) is 10.9. The molecular formula is C24H17N3OS. The predicted molar refractivity (Wildman–Crippen MR) is 119 cm³/mol. The summed E-state index contributed by atoms with van der Waals surface area (Å²) in [5.74, 6) is -0.194. The number of carbonyl (C=O) groups is 1. The van der Waals surface area contributed by atoms with E-state index in [1.165, 1.54) is 0 Å². The van der Waals surface area contributed by atoms with Gasteiger partial charge in [-0.25, -0.2) is 4.68 Å². The van der Waals surface area contributed by atoms with Crippen molar-refractivity contribution in [3.05, 3.63) is 102 Å². The van der Waals surface area contributed by atoms with Crippen LogP contribution in [0.5, 0.6) is 0 Å². The molecule has 0 fully saturated rings. The van der Waals surface area contributed by atoms with Crippen molar-refractivity contribution in [1.29, 1.82) is 0 Å². The third-order valence-electron chi connectivity index (χ3n) is 4.75. The van der Waals surface area contributed by atoms with Crippen LogP contribution in [0.2, 0.25) is 0 Å². The van der Waals surface area contributed by atoms with Crippen LogP contribution in [0.15, 0.2) is 96.4 Å². The van der Waals surface area contributed by atoms with Gasteiger partial charge >= 0.3 is 0 Å². The molecule has 0 saturated heterocycles. The number of rotatable bonds is 4. The van der Waals surface area contributed by atoms with Crippen LogP contribution in [0.4, 0.5) is 5.69 Å². The number of hydrogen-bond donors (Lipinski definition) is 1. The summed E-state index contributed by atoms with van der Waals surface area (Å²) in [6.45, 7) is 0. The fraction of sp³-hybridized carbons (Fsp3) is 0. The summed E-state index contributed by atoms with van der Waals surface area (Å²) in [5, 5.41) is 11.9. The van der Waals surface area contributed by atoms with Crippen LogP contribution < -0.4 is 5.32 Å². The number of benzene rings is 3. The highest BCUT2D eigenvalue weighted by molar-refractivity contribution is 7.13. The van der Waals surface area contributed by atoms with Gasteiger partial charge in [0, 0.05) is 11.1 Å². The second kappa shape index (κ2) is 7.37. The van der Waals surface area contributed by atoms with Crippen LogP contribution in [0.3, 0.4) is 0 Å². The summed E-state index contributed by atoms with van der Waals surface area (Å²) in [4.78, 5) is 14.3. The smallest absolute Gasteiger partial charge is 0.274 e. The minimum Gasteiger partial charge on any atom is -0.320 e. The summed E-state index contributed by atoms with van der Waals surface area (Å²) in [7, 11) is 0. The van der Waals surface area contributed by atoms with Gasteiger partial charge in [-0.3, -0.25) is 4.79 Å². The fourth-order valence-corrected chi connectivity index (χ4v) is 4.06. The molecule has 0 spiro atoms. The molecule has 2 heterocycles. The lowest BCUT2D eigenvalue weighted by Gasteiger charge is -2.10. The van der Waals surface area contributed by atoms with Crippen molar-refractivity contribution >= 4 is 33.7 Å². The molecule has 140 valence electrons. The van der Waals surface area contributed by atoms with Gasteiger partial charge in [0.1, 0.15) is 11.4 Å². The number of amides is 1. The number of carbonyl (C=O) groups excluding carboxylic acids is 1. The molecule has 4 nitrogen and oxygen atoms in total. The first-order valence-electron chi connectivity index (χ1n) is 9.28. The van der Waals surface area contributed by atoms with E-state index in [0.29, 0.717) is 5.69 Å². The van der Waals surface area contributed by atoms with E-state index in [1.54, 1.807) is 16.0 Å². The molecule has 0 aliphatic rings. The number of nitrogens with one attached hydrogen (secondary N) is 1. The van der Waals surface area contributed by atoms with Crippen molar-refractivity contribution in [2.75, 3.05) is 5.32 Å². The average Bonchev–Trinajstić information content (AvgIpc) is 3.45. The first-order valence-corrected chi connectivity index (χ1v) is 10.2. The fourth-order valence-electron chi connectivity index (χ4n) is 3.37. The minimum absolute atomic E-state index is 0.194. The Labute approximate surface area is 172 Å². The molecule has 5 heteroatoms. The van der Waals surface area contributed by atoms with E-state index in [1.807, 2.05) is 96.4 Å². The third-order valence-corrected chi connectivity index (χ3v) is 5.65. The second-order valence-electron chi connectivity index (χ2n) is 6.62. The van der Waals surface area contributed by atoms with Crippen molar-refractivity contribution < 1.29 is 4.79 Å². The average molecular weight is 395 g/mol. The molecule has 5 aromatic rings. The van der Waals surface area contributed by atoms with E-state index in [2.05, 4.69) is 5.32 Å². The molecule has 0 aliphatic heterocycles. The molecule has 1 N–H and O–H groups in total. The maximum Gasteiger partial charge on any atom is 0.274 e. The number of aromatic nitrogens is 2. The van der Waals surface area contributed by atoms with Crippen molar-refractivity contribution in [2.45, 2.75) is 0 Å². The maximum absolute atomic E-state index is 13.3. The van der Waals surface area contributed by atoms with Crippen molar-refractivity contribution in [3.8, 4) is 16.3 Å². The second-order valence-corrected chi connectivity index (χ2v) is 7.57. The molecule has 0 saturated carbocycles. The SMILES string of the molecule is O=C(Nc1cccc2ccccc12)c1cc(-c2cccs2)nn1-c1ccccc1. The lowest BCUT2D eigenvalue weighted by Crippen LogP contribution is -2.17. The molecule has 0 bridgehead atoms. The molecule has 0 unspecified atom stereocenters. The Morgan fingerprint density at radius 2 is 1.66 bits per heavy atom. The zero-order chi connectivity index (χ0) is 19.6. The first-order chi connectivity index (χ1) is 14.3. The standard InChI is InChI=1S/C24H17N3OS/c28-24(25-20-13-6-9-17-8-4-5-12-19(17)20)22-16-21(23-14-7-15-29-23)26-27(22)18-10-2-1-3-11-18/h1-16H,(H,25,28). The number of anilines is 1. The number of nitrogens with zero attached hydrogens (tertiary/aromatic N) is 2. The number of fused-ring (bicyclic) bond motifs is 1. The van der Waals surface area contributed by atoms with E-state index in [9.17, 15) is 4.79 Å². The largest absolute Gasteiger partial charge is 0.320 e. The number of hydrogen-bond acceptors (Lipinski definition) is 3. The van der Waals surface area contributed by atoms with E-state index >= 15 is 0 Å². The quantitative estimate of drug-likeness (QED) is 0.405. The highest BCUT2D eigenvalue weighted by Crippen LogP contribution is 2.27. The molecule has 29 heavy (non-hydrogen) atoms. The molecule has 1 amide bonds. The van der Waals surface area contributed by atoms with Gasteiger partial charge in [-0.1, -0.05) is 60.7 Å². The van der Waals surface area contributed by atoms with Crippen molar-refractivity contribution in [3.63, 3.8) is 0 Å². The van der Waals surface area contributed by atoms with Crippen molar-refractivity contribution in [2.24, 2.45) is 0 Å². The molecule has 0 atom stereocenters. The summed E-state index contributed by atoms with van der Waals surface area (Å²) >= 11 is 1.60.